The van der Waals surface area contributed by atoms with Gasteiger partial charge >= 0.3 is 0 Å². The van der Waals surface area contributed by atoms with Crippen LogP contribution in [0.4, 0.5) is 4.39 Å². The van der Waals surface area contributed by atoms with E-state index in [1.54, 1.807) is 12.1 Å². The molecule has 3 aromatic carbocycles. The molecule has 0 atom stereocenters. The molecule has 4 aromatic rings. The zero-order valence-corrected chi connectivity index (χ0v) is 17.5. The molecule has 156 valence electrons. The summed E-state index contributed by atoms with van der Waals surface area (Å²) in [6, 6.07) is 20.7. The third-order valence-corrected chi connectivity index (χ3v) is 5.20. The van der Waals surface area contributed by atoms with Crippen LogP contribution in [0.5, 0.6) is 0 Å². The first kappa shape index (κ1) is 20.7. The molecule has 5 heteroatoms. The van der Waals surface area contributed by atoms with E-state index in [1.165, 1.54) is 34.5 Å². The highest BCUT2D eigenvalue weighted by atomic mass is 19.1. The summed E-state index contributed by atoms with van der Waals surface area (Å²) in [6.07, 6.45) is 0.986. The molecule has 0 saturated carbocycles. The van der Waals surface area contributed by atoms with Gasteiger partial charge in [-0.05, 0) is 48.2 Å². The maximum Gasteiger partial charge on any atom is 0.275 e. The van der Waals surface area contributed by atoms with Crippen LogP contribution < -0.4 is 5.56 Å². The molecule has 0 fully saturated rings. The van der Waals surface area contributed by atoms with Gasteiger partial charge in [0.25, 0.3) is 5.56 Å². The molecule has 0 aliphatic rings. The quantitative estimate of drug-likeness (QED) is 0.403. The van der Waals surface area contributed by atoms with Crippen LogP contribution in [-0.2, 0) is 13.0 Å². The highest BCUT2D eigenvalue weighted by Crippen LogP contribution is 2.25. The van der Waals surface area contributed by atoms with Crippen LogP contribution in [0.25, 0.3) is 22.0 Å². The smallest absolute Gasteiger partial charge is 0.275 e. The molecule has 1 aromatic heterocycles. The van der Waals surface area contributed by atoms with Gasteiger partial charge in [-0.25, -0.2) is 9.07 Å². The first-order valence-electron chi connectivity index (χ1n) is 10.3. The Morgan fingerprint density at radius 1 is 0.935 bits per heavy atom. The monoisotopic (exact) mass is 414 g/mol. The van der Waals surface area contributed by atoms with Gasteiger partial charge in [0.05, 0.1) is 11.1 Å². The van der Waals surface area contributed by atoms with E-state index < -0.39 is 5.82 Å². The van der Waals surface area contributed by atoms with Crippen LogP contribution in [0.3, 0.4) is 0 Å². The summed E-state index contributed by atoms with van der Waals surface area (Å²) >= 11 is 0. The fourth-order valence-electron chi connectivity index (χ4n) is 3.69. The van der Waals surface area contributed by atoms with Gasteiger partial charge in [0.1, 0.15) is 12.4 Å². The standard InChI is InChI=1S/C26H23FN2O2/c1-17(2)15-18-7-9-20(10-8-18)25-22-5-3-4-6-23(22)26(31)29(28-25)16-24(30)19-11-13-21(27)14-12-19/h3-14,17H,15-16H2,1-2H3. The predicted octanol–water partition coefficient (Wildman–Crippen LogP) is 5.28. The van der Waals surface area contributed by atoms with Gasteiger partial charge in [-0.3, -0.25) is 9.59 Å². The molecule has 1 heterocycles. The number of halogens is 1. The summed E-state index contributed by atoms with van der Waals surface area (Å²) in [5.41, 5.74) is 2.78. The molecule has 0 saturated heterocycles. The van der Waals surface area contributed by atoms with Gasteiger partial charge in [0.2, 0.25) is 0 Å². The summed E-state index contributed by atoms with van der Waals surface area (Å²) in [6.45, 7) is 4.14. The third-order valence-electron chi connectivity index (χ3n) is 5.20. The molecule has 4 nitrogen and oxygen atoms in total. The SMILES string of the molecule is CC(C)Cc1ccc(-c2nn(CC(=O)c3ccc(F)cc3)c(=O)c3ccccc23)cc1. The Kier molecular flexibility index (Phi) is 5.76. The fraction of sp³-hybridized carbons (Fsp3) is 0.192. The molecule has 0 aliphatic heterocycles. The summed E-state index contributed by atoms with van der Waals surface area (Å²) < 4.78 is 14.4. The molecule has 0 amide bonds. The van der Waals surface area contributed by atoms with Crippen molar-refractivity contribution in [3.8, 4) is 11.3 Å². The number of carbonyl (C=O) groups excluding carboxylic acids is 1. The second kappa shape index (κ2) is 8.64. The van der Waals surface area contributed by atoms with Crippen LogP contribution >= 0.6 is 0 Å². The minimum Gasteiger partial charge on any atom is -0.292 e. The zero-order chi connectivity index (χ0) is 22.0. The fourth-order valence-corrected chi connectivity index (χ4v) is 3.69. The van der Waals surface area contributed by atoms with E-state index in [9.17, 15) is 14.0 Å². The normalized spacial score (nSPS) is 11.2. The van der Waals surface area contributed by atoms with Crippen molar-refractivity contribution in [2.45, 2.75) is 26.8 Å². The Morgan fingerprint density at radius 2 is 1.58 bits per heavy atom. The first-order valence-corrected chi connectivity index (χ1v) is 10.3. The summed E-state index contributed by atoms with van der Waals surface area (Å²) in [5, 5.41) is 5.80. The number of nitrogens with zero attached hydrogens (tertiary/aromatic N) is 2. The largest absolute Gasteiger partial charge is 0.292 e. The second-order valence-electron chi connectivity index (χ2n) is 8.08. The number of benzene rings is 3. The Morgan fingerprint density at radius 3 is 2.23 bits per heavy atom. The number of fused-ring (bicyclic) bond motifs is 1. The predicted molar refractivity (Wildman–Crippen MR) is 121 cm³/mol. The number of hydrogen-bond acceptors (Lipinski definition) is 3. The van der Waals surface area contributed by atoms with Crippen molar-refractivity contribution in [2.24, 2.45) is 5.92 Å². The van der Waals surface area contributed by atoms with E-state index in [0.29, 0.717) is 22.6 Å². The molecular formula is C26H23FN2O2. The van der Waals surface area contributed by atoms with Crippen LogP contribution in [0.2, 0.25) is 0 Å². The first-order chi connectivity index (χ1) is 14.9. The molecule has 0 radical (unpaired) electrons. The van der Waals surface area contributed by atoms with Crippen LogP contribution in [0, 0.1) is 11.7 Å². The van der Waals surface area contributed by atoms with E-state index in [4.69, 9.17) is 0 Å². The van der Waals surface area contributed by atoms with Gasteiger partial charge in [-0.1, -0.05) is 56.3 Å². The number of carbonyl (C=O) groups is 1. The van der Waals surface area contributed by atoms with E-state index >= 15 is 0 Å². The second-order valence-corrected chi connectivity index (χ2v) is 8.08. The molecule has 4 rings (SSSR count). The third kappa shape index (κ3) is 4.45. The van der Waals surface area contributed by atoms with Crippen molar-refractivity contribution in [3.05, 3.63) is 100 Å². The number of ketones is 1. The summed E-state index contributed by atoms with van der Waals surface area (Å²) in [5.74, 6) is -0.159. The van der Waals surface area contributed by atoms with Crippen molar-refractivity contribution in [2.75, 3.05) is 0 Å². The number of aromatic nitrogens is 2. The highest BCUT2D eigenvalue weighted by molar-refractivity contribution is 5.97. The van der Waals surface area contributed by atoms with E-state index in [1.807, 2.05) is 24.3 Å². The minimum atomic E-state index is -0.416. The van der Waals surface area contributed by atoms with Crippen LogP contribution in [0.1, 0.15) is 29.8 Å². The minimum absolute atomic E-state index is 0.215. The highest BCUT2D eigenvalue weighted by Gasteiger charge is 2.15. The van der Waals surface area contributed by atoms with Crippen molar-refractivity contribution < 1.29 is 9.18 Å². The average molecular weight is 414 g/mol. The van der Waals surface area contributed by atoms with Gasteiger partial charge < -0.3 is 0 Å². The Labute approximate surface area is 180 Å². The Bertz CT molecular complexity index is 1290. The summed E-state index contributed by atoms with van der Waals surface area (Å²) in [7, 11) is 0. The van der Waals surface area contributed by atoms with Crippen molar-refractivity contribution in [3.63, 3.8) is 0 Å². The zero-order valence-electron chi connectivity index (χ0n) is 17.5. The molecule has 0 spiro atoms. The lowest BCUT2D eigenvalue weighted by Gasteiger charge is -2.12. The number of hydrogen-bond donors (Lipinski definition) is 0. The number of rotatable bonds is 6. The van der Waals surface area contributed by atoms with Gasteiger partial charge in [0, 0.05) is 16.5 Å². The van der Waals surface area contributed by atoms with E-state index in [0.717, 1.165) is 17.4 Å². The molecule has 0 aliphatic carbocycles. The Hall–Kier alpha value is -3.60. The molecule has 0 N–H and O–H groups in total. The topological polar surface area (TPSA) is 52.0 Å². The van der Waals surface area contributed by atoms with Crippen molar-refractivity contribution in [1.82, 2.24) is 9.78 Å². The lowest BCUT2D eigenvalue weighted by atomic mass is 9.99. The van der Waals surface area contributed by atoms with E-state index in [2.05, 4.69) is 31.1 Å². The van der Waals surface area contributed by atoms with Gasteiger partial charge in [-0.15, -0.1) is 0 Å². The number of Topliss-reactive ketones (excluding diaryl/α,β-unsaturated/α-hetero) is 1. The molecule has 0 bridgehead atoms. The van der Waals surface area contributed by atoms with Crippen molar-refractivity contribution in [1.29, 1.82) is 0 Å². The average Bonchev–Trinajstić information content (AvgIpc) is 2.76. The lowest BCUT2D eigenvalue weighted by molar-refractivity contribution is 0.0966. The van der Waals surface area contributed by atoms with Crippen LogP contribution in [0.15, 0.2) is 77.6 Å². The van der Waals surface area contributed by atoms with Crippen LogP contribution in [-0.4, -0.2) is 15.6 Å². The maximum atomic E-state index is 13.2. The van der Waals surface area contributed by atoms with Gasteiger partial charge in [0.15, 0.2) is 5.78 Å². The Balaban J connectivity index is 1.77. The lowest BCUT2D eigenvalue weighted by Crippen LogP contribution is -2.27. The molecule has 0 unspecified atom stereocenters. The van der Waals surface area contributed by atoms with Crippen molar-refractivity contribution >= 4 is 16.6 Å². The maximum absolute atomic E-state index is 13.2. The molecule has 31 heavy (non-hydrogen) atoms. The summed E-state index contributed by atoms with van der Waals surface area (Å²) in [4.78, 5) is 25.7. The molecular weight excluding hydrogens is 391 g/mol. The van der Waals surface area contributed by atoms with E-state index in [-0.39, 0.29) is 17.9 Å². The van der Waals surface area contributed by atoms with Gasteiger partial charge in [-0.2, -0.15) is 5.10 Å².